The van der Waals surface area contributed by atoms with Crippen molar-refractivity contribution in [3.05, 3.63) is 29.6 Å². The number of aryl methyl sites for hydroxylation is 2. The first-order valence-corrected chi connectivity index (χ1v) is 9.98. The lowest BCUT2D eigenvalue weighted by Gasteiger charge is -2.35. The molecule has 1 N–H and O–H groups in total. The van der Waals surface area contributed by atoms with Gasteiger partial charge in [-0.15, -0.1) is 0 Å². The summed E-state index contributed by atoms with van der Waals surface area (Å²) in [6, 6.07) is 5.71. The van der Waals surface area contributed by atoms with Gasteiger partial charge in [0.2, 0.25) is 0 Å². The Morgan fingerprint density at radius 1 is 1.27 bits per heavy atom. The topological polar surface area (TPSA) is 59.3 Å². The lowest BCUT2D eigenvalue weighted by molar-refractivity contribution is 0.0954. The minimum absolute atomic E-state index is 0.145. The molecule has 1 aromatic carbocycles. The first-order chi connectivity index (χ1) is 12.7. The fourth-order valence-corrected chi connectivity index (χ4v) is 4.78. The van der Waals surface area contributed by atoms with Gasteiger partial charge in [-0.05, 0) is 69.6 Å². The Morgan fingerprint density at radius 3 is 2.88 bits per heavy atom. The van der Waals surface area contributed by atoms with Crippen molar-refractivity contribution >= 4 is 22.7 Å². The average Bonchev–Trinajstić information content (AvgIpc) is 2.99. The number of benzene rings is 1. The third-order valence-corrected chi connectivity index (χ3v) is 6.20. The van der Waals surface area contributed by atoms with Crippen molar-refractivity contribution in [1.29, 1.82) is 0 Å². The molecule has 0 bridgehead atoms. The molecule has 5 nitrogen and oxygen atoms in total. The summed E-state index contributed by atoms with van der Waals surface area (Å²) in [6.07, 6.45) is 8.77. The second kappa shape index (κ2) is 7.22. The quantitative estimate of drug-likeness (QED) is 0.830. The van der Waals surface area contributed by atoms with E-state index in [1.807, 2.05) is 25.1 Å². The van der Waals surface area contributed by atoms with Gasteiger partial charge in [0, 0.05) is 17.8 Å². The van der Waals surface area contributed by atoms with Crippen LogP contribution in [0.25, 0.3) is 11.0 Å². The molecule has 2 atom stereocenters. The molecule has 2 fully saturated rings. The molecular weight excluding hydrogens is 324 g/mol. The largest absolute Gasteiger partial charge is 0.329 e. The zero-order valence-electron chi connectivity index (χ0n) is 15.8. The second-order valence-electron chi connectivity index (χ2n) is 7.77. The van der Waals surface area contributed by atoms with E-state index in [-0.39, 0.29) is 5.91 Å². The molecule has 0 saturated heterocycles. The Hall–Kier alpha value is -2.17. The molecule has 1 heterocycles. The summed E-state index contributed by atoms with van der Waals surface area (Å²) in [5.74, 6) is 2.50. The second-order valence-corrected chi connectivity index (χ2v) is 7.77. The number of nitrogens with one attached hydrogen (secondary N) is 1. The van der Waals surface area contributed by atoms with Gasteiger partial charge in [0.1, 0.15) is 5.82 Å². The Labute approximate surface area is 154 Å². The van der Waals surface area contributed by atoms with Gasteiger partial charge in [0.15, 0.2) is 0 Å². The first-order valence-electron chi connectivity index (χ1n) is 9.98. The standard InChI is InChI=1S/C21H28N4O/c1-3-25-14(2)22-19-13-17(9-11-20(19)25)21(26)24-23-18-10-8-15-6-4-5-7-16(15)12-18/h9,11,13,15-16H,3-8,10,12H2,1-2H3,(H,24,26)/b23-18-/t15-,16-/m0/s1. The van der Waals surface area contributed by atoms with Crippen molar-refractivity contribution < 1.29 is 4.79 Å². The van der Waals surface area contributed by atoms with E-state index in [2.05, 4.69) is 27.0 Å². The molecule has 2 aliphatic carbocycles. The Bertz CT molecular complexity index is 851. The van der Waals surface area contributed by atoms with Crippen molar-refractivity contribution in [3.8, 4) is 0 Å². The number of aromatic nitrogens is 2. The molecule has 4 rings (SSSR count). The van der Waals surface area contributed by atoms with Gasteiger partial charge in [-0.3, -0.25) is 4.79 Å². The van der Waals surface area contributed by atoms with Crippen LogP contribution in [0.4, 0.5) is 0 Å². The van der Waals surface area contributed by atoms with Gasteiger partial charge in [0.25, 0.3) is 5.91 Å². The number of fused-ring (bicyclic) bond motifs is 2. The van der Waals surface area contributed by atoms with E-state index in [0.29, 0.717) is 5.56 Å². The van der Waals surface area contributed by atoms with Crippen LogP contribution in [0, 0.1) is 18.8 Å². The highest BCUT2D eigenvalue weighted by Gasteiger charge is 2.30. The van der Waals surface area contributed by atoms with Gasteiger partial charge in [0.05, 0.1) is 11.0 Å². The van der Waals surface area contributed by atoms with Crippen LogP contribution in [-0.2, 0) is 6.54 Å². The minimum atomic E-state index is -0.145. The molecule has 138 valence electrons. The summed E-state index contributed by atoms with van der Waals surface area (Å²) in [5.41, 5.74) is 6.50. The first kappa shape index (κ1) is 17.3. The van der Waals surface area contributed by atoms with Crippen LogP contribution in [0.2, 0.25) is 0 Å². The van der Waals surface area contributed by atoms with Gasteiger partial charge in [-0.25, -0.2) is 10.4 Å². The average molecular weight is 352 g/mol. The number of hydrazone groups is 1. The summed E-state index contributed by atoms with van der Waals surface area (Å²) in [7, 11) is 0. The number of amides is 1. The summed E-state index contributed by atoms with van der Waals surface area (Å²) >= 11 is 0. The Balaban J connectivity index is 1.45. The third-order valence-electron chi connectivity index (χ3n) is 6.20. The van der Waals surface area contributed by atoms with Crippen molar-refractivity contribution in [2.75, 3.05) is 0 Å². The van der Waals surface area contributed by atoms with E-state index in [1.165, 1.54) is 32.1 Å². The predicted molar refractivity (Wildman–Crippen MR) is 104 cm³/mol. The van der Waals surface area contributed by atoms with E-state index in [4.69, 9.17) is 0 Å². The number of rotatable bonds is 3. The summed E-state index contributed by atoms with van der Waals surface area (Å²) in [6.45, 7) is 4.98. The summed E-state index contributed by atoms with van der Waals surface area (Å²) in [4.78, 5) is 17.1. The molecule has 0 spiro atoms. The number of hydrogen-bond donors (Lipinski definition) is 1. The molecule has 1 amide bonds. The fraction of sp³-hybridized carbons (Fsp3) is 0.571. The van der Waals surface area contributed by atoms with Gasteiger partial charge in [-0.2, -0.15) is 5.10 Å². The number of carbonyl (C=O) groups excluding carboxylic acids is 1. The molecule has 0 radical (unpaired) electrons. The molecular formula is C21H28N4O. The van der Waals surface area contributed by atoms with Gasteiger partial charge >= 0.3 is 0 Å². The van der Waals surface area contributed by atoms with Crippen LogP contribution in [-0.4, -0.2) is 21.2 Å². The lowest BCUT2D eigenvalue weighted by Crippen LogP contribution is -2.29. The summed E-state index contributed by atoms with van der Waals surface area (Å²) < 4.78 is 2.15. The van der Waals surface area contributed by atoms with Gasteiger partial charge in [-0.1, -0.05) is 19.3 Å². The van der Waals surface area contributed by atoms with Crippen LogP contribution in [0.1, 0.15) is 68.1 Å². The Morgan fingerprint density at radius 2 is 2.08 bits per heavy atom. The van der Waals surface area contributed by atoms with E-state index in [1.54, 1.807) is 0 Å². The predicted octanol–water partition coefficient (Wildman–Crippen LogP) is 4.44. The van der Waals surface area contributed by atoms with Crippen molar-refractivity contribution in [2.24, 2.45) is 16.9 Å². The lowest BCUT2D eigenvalue weighted by atomic mass is 9.70. The fourth-order valence-electron chi connectivity index (χ4n) is 4.78. The van der Waals surface area contributed by atoms with E-state index in [9.17, 15) is 4.79 Å². The molecule has 5 heteroatoms. The maximum Gasteiger partial charge on any atom is 0.271 e. The molecule has 2 aromatic rings. The highest BCUT2D eigenvalue weighted by Crippen LogP contribution is 2.39. The SMILES string of the molecule is CCn1c(C)nc2cc(C(=O)N/N=C3/CC[C@@H]4CCCC[C@H]4C3)ccc21. The maximum absolute atomic E-state index is 12.5. The third kappa shape index (κ3) is 3.27. The highest BCUT2D eigenvalue weighted by molar-refractivity contribution is 5.98. The molecule has 2 saturated carbocycles. The van der Waals surface area contributed by atoms with Crippen LogP contribution < -0.4 is 5.43 Å². The highest BCUT2D eigenvalue weighted by atomic mass is 16.2. The van der Waals surface area contributed by atoms with E-state index in [0.717, 1.165) is 53.8 Å². The van der Waals surface area contributed by atoms with E-state index >= 15 is 0 Å². The molecule has 0 aliphatic heterocycles. The zero-order valence-corrected chi connectivity index (χ0v) is 15.8. The van der Waals surface area contributed by atoms with Gasteiger partial charge < -0.3 is 4.57 Å². The molecule has 0 unspecified atom stereocenters. The minimum Gasteiger partial charge on any atom is -0.329 e. The number of carbonyl (C=O) groups is 1. The Kier molecular flexibility index (Phi) is 4.79. The molecule has 2 aliphatic rings. The van der Waals surface area contributed by atoms with Crippen LogP contribution >= 0.6 is 0 Å². The van der Waals surface area contributed by atoms with Crippen molar-refractivity contribution in [1.82, 2.24) is 15.0 Å². The van der Waals surface area contributed by atoms with E-state index < -0.39 is 0 Å². The number of hydrogen-bond acceptors (Lipinski definition) is 3. The molecule has 26 heavy (non-hydrogen) atoms. The zero-order chi connectivity index (χ0) is 18.1. The molecule has 1 aromatic heterocycles. The monoisotopic (exact) mass is 352 g/mol. The normalized spacial score (nSPS) is 24.6. The van der Waals surface area contributed by atoms with Crippen LogP contribution in [0.15, 0.2) is 23.3 Å². The van der Waals surface area contributed by atoms with Crippen molar-refractivity contribution in [2.45, 2.75) is 65.3 Å². The number of imidazole rings is 1. The smallest absolute Gasteiger partial charge is 0.271 e. The van der Waals surface area contributed by atoms with Crippen LogP contribution in [0.5, 0.6) is 0 Å². The summed E-state index contributed by atoms with van der Waals surface area (Å²) in [5, 5.41) is 4.46. The van der Waals surface area contributed by atoms with Crippen molar-refractivity contribution in [3.63, 3.8) is 0 Å². The number of nitrogens with zero attached hydrogens (tertiary/aromatic N) is 3. The van der Waals surface area contributed by atoms with Crippen LogP contribution in [0.3, 0.4) is 0 Å². The maximum atomic E-state index is 12.5.